The molecule has 0 saturated heterocycles. The third kappa shape index (κ3) is 5.76. The van der Waals surface area contributed by atoms with Gasteiger partial charge < -0.3 is 25.2 Å². The highest BCUT2D eigenvalue weighted by atomic mass is 32.1. The average molecular weight is 442 g/mol. The highest BCUT2D eigenvalue weighted by Gasteiger charge is 2.19. The summed E-state index contributed by atoms with van der Waals surface area (Å²) in [6, 6.07) is 11.5. The summed E-state index contributed by atoms with van der Waals surface area (Å²) in [4.78, 5) is 35.4. The van der Waals surface area contributed by atoms with Crippen molar-refractivity contribution in [2.75, 3.05) is 24.4 Å². The fourth-order valence-corrected chi connectivity index (χ4v) is 3.10. The molecule has 0 bridgehead atoms. The standard InChI is InChI=1S/C20H18N4O6S/c1-11-3-8-15(29-2)14(9-11)22-18(28)20-24-23-19(31-20)17(27)21-12-4-6-13(7-5-12)30-10-16(25)26/h3-9H,10H2,1-2H3,(H,21,27)(H,22,28)(H,25,26). The zero-order chi connectivity index (χ0) is 22.4. The second-order valence-corrected chi connectivity index (χ2v) is 7.21. The van der Waals surface area contributed by atoms with Gasteiger partial charge in [-0.25, -0.2) is 4.79 Å². The fraction of sp³-hybridized carbons (Fsp3) is 0.150. The monoisotopic (exact) mass is 442 g/mol. The van der Waals surface area contributed by atoms with Gasteiger partial charge in [-0.1, -0.05) is 17.4 Å². The van der Waals surface area contributed by atoms with Crippen molar-refractivity contribution >= 4 is 40.5 Å². The van der Waals surface area contributed by atoms with Gasteiger partial charge in [0.25, 0.3) is 11.8 Å². The fourth-order valence-electron chi connectivity index (χ4n) is 2.47. The number of benzene rings is 2. The Balaban J connectivity index is 1.63. The van der Waals surface area contributed by atoms with Crippen molar-refractivity contribution in [3.8, 4) is 11.5 Å². The SMILES string of the molecule is COc1ccc(C)cc1NC(=O)c1nnc(C(=O)Nc2ccc(OCC(=O)O)cc2)s1. The summed E-state index contributed by atoms with van der Waals surface area (Å²) in [7, 11) is 1.50. The van der Waals surface area contributed by atoms with Gasteiger partial charge in [0, 0.05) is 5.69 Å². The molecule has 31 heavy (non-hydrogen) atoms. The summed E-state index contributed by atoms with van der Waals surface area (Å²) < 4.78 is 10.3. The Morgan fingerprint density at radius 1 is 1.00 bits per heavy atom. The number of rotatable bonds is 8. The number of hydrogen-bond donors (Lipinski definition) is 3. The molecule has 0 fully saturated rings. The van der Waals surface area contributed by atoms with Gasteiger partial charge in [-0.05, 0) is 48.9 Å². The van der Waals surface area contributed by atoms with Crippen molar-refractivity contribution in [1.29, 1.82) is 0 Å². The van der Waals surface area contributed by atoms with Gasteiger partial charge in [0.15, 0.2) is 6.61 Å². The van der Waals surface area contributed by atoms with E-state index in [1.807, 2.05) is 13.0 Å². The zero-order valence-electron chi connectivity index (χ0n) is 16.5. The minimum atomic E-state index is -1.09. The Labute approximate surface area is 180 Å². The molecule has 10 nitrogen and oxygen atoms in total. The summed E-state index contributed by atoms with van der Waals surface area (Å²) in [6.45, 7) is 1.42. The highest BCUT2D eigenvalue weighted by Crippen LogP contribution is 2.26. The number of carboxylic acid groups (broad SMARTS) is 1. The molecule has 0 aliphatic heterocycles. The van der Waals surface area contributed by atoms with E-state index in [0.29, 0.717) is 22.9 Å². The predicted molar refractivity (Wildman–Crippen MR) is 113 cm³/mol. The van der Waals surface area contributed by atoms with E-state index in [2.05, 4.69) is 20.8 Å². The van der Waals surface area contributed by atoms with Crippen molar-refractivity contribution in [2.45, 2.75) is 6.92 Å². The number of carboxylic acids is 1. The largest absolute Gasteiger partial charge is 0.495 e. The molecule has 2 aromatic carbocycles. The summed E-state index contributed by atoms with van der Waals surface area (Å²) >= 11 is 0.843. The van der Waals surface area contributed by atoms with E-state index in [-0.39, 0.29) is 10.0 Å². The number of methoxy groups -OCH3 is 1. The second-order valence-electron chi connectivity index (χ2n) is 6.23. The lowest BCUT2D eigenvalue weighted by molar-refractivity contribution is -0.139. The van der Waals surface area contributed by atoms with Gasteiger partial charge >= 0.3 is 5.97 Å². The Kier molecular flexibility index (Phi) is 6.78. The summed E-state index contributed by atoms with van der Waals surface area (Å²) in [5, 5.41) is 21.5. The summed E-state index contributed by atoms with van der Waals surface area (Å²) in [5.41, 5.74) is 1.87. The number of carbonyl (C=O) groups excluding carboxylic acids is 2. The molecule has 0 spiro atoms. The molecule has 2 amide bonds. The maximum atomic E-state index is 12.5. The van der Waals surface area contributed by atoms with Crippen LogP contribution in [0, 0.1) is 6.92 Å². The Morgan fingerprint density at radius 2 is 1.65 bits per heavy atom. The van der Waals surface area contributed by atoms with Crippen LogP contribution < -0.4 is 20.1 Å². The molecule has 3 N–H and O–H groups in total. The van der Waals surface area contributed by atoms with Crippen LogP contribution in [0.25, 0.3) is 0 Å². The van der Waals surface area contributed by atoms with Gasteiger partial charge in [-0.2, -0.15) is 0 Å². The van der Waals surface area contributed by atoms with Crippen molar-refractivity contribution in [2.24, 2.45) is 0 Å². The number of aliphatic carboxylic acids is 1. The van der Waals surface area contributed by atoms with E-state index in [0.717, 1.165) is 16.9 Å². The van der Waals surface area contributed by atoms with Gasteiger partial charge in [-0.3, -0.25) is 9.59 Å². The molecular formula is C20H18N4O6S. The Bertz CT molecular complexity index is 1110. The molecule has 0 aliphatic carbocycles. The number of aromatic nitrogens is 2. The first-order chi connectivity index (χ1) is 14.9. The third-order valence-electron chi connectivity index (χ3n) is 3.89. The second kappa shape index (κ2) is 9.67. The van der Waals surface area contributed by atoms with Crippen LogP contribution in [0.2, 0.25) is 0 Å². The van der Waals surface area contributed by atoms with E-state index in [9.17, 15) is 14.4 Å². The quantitative estimate of drug-likeness (QED) is 0.484. The first kappa shape index (κ1) is 21.7. The number of amides is 2. The molecule has 0 saturated carbocycles. The third-order valence-corrected chi connectivity index (χ3v) is 4.81. The lowest BCUT2D eigenvalue weighted by atomic mass is 10.2. The number of nitrogens with zero attached hydrogens (tertiary/aromatic N) is 2. The number of carbonyl (C=O) groups is 3. The number of nitrogens with one attached hydrogen (secondary N) is 2. The molecule has 0 radical (unpaired) electrons. The van der Waals surface area contributed by atoms with Crippen molar-refractivity contribution in [1.82, 2.24) is 10.2 Å². The Hall–Kier alpha value is -3.99. The summed E-state index contributed by atoms with van der Waals surface area (Å²) in [5.74, 6) is -1.29. The number of anilines is 2. The van der Waals surface area contributed by atoms with Crippen LogP contribution in [0.5, 0.6) is 11.5 Å². The minimum Gasteiger partial charge on any atom is -0.495 e. The molecule has 0 atom stereocenters. The van der Waals surface area contributed by atoms with E-state index < -0.39 is 24.4 Å². The molecule has 0 unspecified atom stereocenters. The first-order valence-corrected chi connectivity index (χ1v) is 9.73. The van der Waals surface area contributed by atoms with Gasteiger partial charge in [0.05, 0.1) is 12.8 Å². The van der Waals surface area contributed by atoms with E-state index in [4.69, 9.17) is 14.6 Å². The molecule has 160 valence electrons. The molecule has 3 rings (SSSR count). The van der Waals surface area contributed by atoms with E-state index in [1.54, 1.807) is 24.3 Å². The van der Waals surface area contributed by atoms with Crippen molar-refractivity contribution in [3.63, 3.8) is 0 Å². The first-order valence-electron chi connectivity index (χ1n) is 8.91. The molecule has 0 aliphatic rings. The van der Waals surface area contributed by atoms with E-state index in [1.165, 1.54) is 19.2 Å². The maximum absolute atomic E-state index is 12.5. The smallest absolute Gasteiger partial charge is 0.341 e. The van der Waals surface area contributed by atoms with E-state index >= 15 is 0 Å². The lowest BCUT2D eigenvalue weighted by Gasteiger charge is -2.09. The van der Waals surface area contributed by atoms with Crippen LogP contribution in [-0.2, 0) is 4.79 Å². The molecular weight excluding hydrogens is 424 g/mol. The minimum absolute atomic E-state index is 0.00700. The average Bonchev–Trinajstić information content (AvgIpc) is 3.24. The van der Waals surface area contributed by atoms with Gasteiger partial charge in [0.2, 0.25) is 10.0 Å². The Morgan fingerprint density at radius 3 is 2.26 bits per heavy atom. The summed E-state index contributed by atoms with van der Waals surface area (Å²) in [6.07, 6.45) is 0. The topological polar surface area (TPSA) is 140 Å². The van der Waals surface area contributed by atoms with Crippen LogP contribution >= 0.6 is 11.3 Å². The van der Waals surface area contributed by atoms with Crippen LogP contribution in [-0.4, -0.2) is 46.8 Å². The van der Waals surface area contributed by atoms with Crippen LogP contribution in [0.4, 0.5) is 11.4 Å². The van der Waals surface area contributed by atoms with Gasteiger partial charge in [0.1, 0.15) is 11.5 Å². The predicted octanol–water partition coefficient (Wildman–Crippen LogP) is 2.82. The van der Waals surface area contributed by atoms with Crippen molar-refractivity contribution in [3.05, 3.63) is 58.0 Å². The van der Waals surface area contributed by atoms with Crippen molar-refractivity contribution < 1.29 is 29.0 Å². The normalized spacial score (nSPS) is 10.3. The highest BCUT2D eigenvalue weighted by molar-refractivity contribution is 7.15. The molecule has 1 heterocycles. The van der Waals surface area contributed by atoms with Crippen LogP contribution in [0.3, 0.4) is 0 Å². The van der Waals surface area contributed by atoms with Gasteiger partial charge in [-0.15, -0.1) is 10.2 Å². The molecule has 11 heteroatoms. The van der Waals surface area contributed by atoms with Crippen LogP contribution in [0.1, 0.15) is 25.2 Å². The zero-order valence-corrected chi connectivity index (χ0v) is 17.4. The lowest BCUT2D eigenvalue weighted by Crippen LogP contribution is -2.12. The number of aryl methyl sites for hydroxylation is 1. The maximum Gasteiger partial charge on any atom is 0.341 e. The van der Waals surface area contributed by atoms with Crippen LogP contribution in [0.15, 0.2) is 42.5 Å². The number of ether oxygens (including phenoxy) is 2. The number of hydrogen-bond acceptors (Lipinski definition) is 8. The molecule has 3 aromatic rings. The molecule has 1 aromatic heterocycles.